The number of nitrogens with one attached hydrogen (secondary N) is 2. The zero-order chi connectivity index (χ0) is 12.4. The van der Waals surface area contributed by atoms with Crippen LogP contribution in [0.15, 0.2) is 60.8 Å². The second kappa shape index (κ2) is 4.37. The molecule has 0 bridgehead atoms. The van der Waals surface area contributed by atoms with E-state index in [1.54, 1.807) is 12.1 Å². The molecule has 3 nitrogen and oxygen atoms in total. The number of fused-ring (bicyclic) bond motifs is 1. The highest BCUT2D eigenvalue weighted by Crippen LogP contribution is 2.22. The second-order valence-corrected chi connectivity index (χ2v) is 4.07. The van der Waals surface area contributed by atoms with Gasteiger partial charge in [0.2, 0.25) is 0 Å². The number of benzene rings is 2. The molecule has 0 aliphatic rings. The predicted molar refractivity (Wildman–Crippen MR) is 72.7 cm³/mol. The molecule has 2 N–H and O–H groups in total. The Morgan fingerprint density at radius 1 is 0.944 bits per heavy atom. The van der Waals surface area contributed by atoms with Gasteiger partial charge < -0.3 is 10.3 Å². The number of H-pyrrole nitrogens is 1. The van der Waals surface area contributed by atoms with Crippen molar-refractivity contribution in [2.24, 2.45) is 0 Å². The normalized spacial score (nSPS) is 10.4. The lowest BCUT2D eigenvalue weighted by atomic mass is 10.2. The van der Waals surface area contributed by atoms with Crippen LogP contribution >= 0.6 is 0 Å². The Bertz CT molecular complexity index is 686. The Kier molecular flexibility index (Phi) is 2.57. The Balaban J connectivity index is 1.93. The maximum atomic E-state index is 12.1. The lowest BCUT2D eigenvalue weighted by Gasteiger charge is -2.06. The van der Waals surface area contributed by atoms with Crippen LogP contribution in [0, 0.1) is 0 Å². The molecule has 0 radical (unpaired) electrons. The van der Waals surface area contributed by atoms with Crippen molar-refractivity contribution in [2.45, 2.75) is 0 Å². The molecular formula is C15H12N2O. The number of amides is 1. The first-order valence-corrected chi connectivity index (χ1v) is 5.77. The summed E-state index contributed by atoms with van der Waals surface area (Å²) >= 11 is 0. The van der Waals surface area contributed by atoms with Crippen LogP contribution in [0.4, 0.5) is 5.69 Å². The summed E-state index contributed by atoms with van der Waals surface area (Å²) in [5, 5.41) is 4.00. The van der Waals surface area contributed by atoms with Crippen LogP contribution in [0.5, 0.6) is 0 Å². The quantitative estimate of drug-likeness (QED) is 0.703. The minimum atomic E-state index is -0.0994. The third-order valence-electron chi connectivity index (χ3n) is 2.87. The fourth-order valence-corrected chi connectivity index (χ4v) is 1.97. The summed E-state index contributed by atoms with van der Waals surface area (Å²) in [6.45, 7) is 0. The van der Waals surface area contributed by atoms with Crippen LogP contribution in [-0.4, -0.2) is 10.9 Å². The van der Waals surface area contributed by atoms with Crippen LogP contribution < -0.4 is 5.32 Å². The van der Waals surface area contributed by atoms with E-state index in [1.807, 2.05) is 48.7 Å². The maximum Gasteiger partial charge on any atom is 0.255 e. The van der Waals surface area contributed by atoms with Crippen LogP contribution in [-0.2, 0) is 0 Å². The van der Waals surface area contributed by atoms with E-state index in [-0.39, 0.29) is 5.91 Å². The first-order chi connectivity index (χ1) is 8.84. The average molecular weight is 236 g/mol. The summed E-state index contributed by atoms with van der Waals surface area (Å²) in [6, 6.07) is 17.0. The van der Waals surface area contributed by atoms with Gasteiger partial charge in [-0.25, -0.2) is 0 Å². The van der Waals surface area contributed by atoms with Crippen molar-refractivity contribution in [3.63, 3.8) is 0 Å². The molecule has 3 heteroatoms. The standard InChI is InChI=1S/C15H12N2O/c18-15(12-5-2-1-3-6-12)17-13-8-4-7-11-9-10-16-14(11)13/h1-10,16H,(H,17,18). The Morgan fingerprint density at radius 2 is 1.78 bits per heavy atom. The summed E-state index contributed by atoms with van der Waals surface area (Å²) in [4.78, 5) is 15.2. The third kappa shape index (κ3) is 1.86. The molecule has 18 heavy (non-hydrogen) atoms. The highest BCUT2D eigenvalue weighted by molar-refractivity contribution is 6.08. The van der Waals surface area contributed by atoms with Crippen molar-refractivity contribution in [3.05, 3.63) is 66.4 Å². The van der Waals surface area contributed by atoms with Gasteiger partial charge >= 0.3 is 0 Å². The van der Waals surface area contributed by atoms with Crippen molar-refractivity contribution in [3.8, 4) is 0 Å². The van der Waals surface area contributed by atoms with Crippen molar-refractivity contribution in [1.29, 1.82) is 0 Å². The first-order valence-electron chi connectivity index (χ1n) is 5.77. The molecule has 1 heterocycles. The van der Waals surface area contributed by atoms with Gasteiger partial charge in [-0.1, -0.05) is 30.3 Å². The van der Waals surface area contributed by atoms with Gasteiger partial charge in [0.05, 0.1) is 11.2 Å². The van der Waals surface area contributed by atoms with Gasteiger partial charge in [0.25, 0.3) is 5.91 Å². The molecule has 0 atom stereocenters. The van der Waals surface area contributed by atoms with Gasteiger partial charge in [0.15, 0.2) is 0 Å². The number of aromatic amines is 1. The summed E-state index contributed by atoms with van der Waals surface area (Å²) in [7, 11) is 0. The molecule has 0 saturated carbocycles. The van der Waals surface area contributed by atoms with Gasteiger partial charge in [-0.15, -0.1) is 0 Å². The van der Waals surface area contributed by atoms with Crippen molar-refractivity contribution < 1.29 is 4.79 Å². The lowest BCUT2D eigenvalue weighted by molar-refractivity contribution is 0.102. The number of hydrogen-bond donors (Lipinski definition) is 2. The van der Waals surface area contributed by atoms with Gasteiger partial charge in [0.1, 0.15) is 0 Å². The molecule has 1 aromatic heterocycles. The van der Waals surface area contributed by atoms with Gasteiger partial charge in [-0.3, -0.25) is 4.79 Å². The predicted octanol–water partition coefficient (Wildman–Crippen LogP) is 3.42. The van der Waals surface area contributed by atoms with Crippen LogP contribution in [0.25, 0.3) is 10.9 Å². The van der Waals surface area contributed by atoms with Crippen molar-refractivity contribution in [2.75, 3.05) is 5.32 Å². The Labute approximate surface area is 104 Å². The van der Waals surface area contributed by atoms with E-state index in [0.29, 0.717) is 5.56 Å². The minimum Gasteiger partial charge on any atom is -0.359 e. The summed E-state index contributed by atoms with van der Waals surface area (Å²) < 4.78 is 0. The molecule has 2 aromatic carbocycles. The van der Waals surface area contributed by atoms with E-state index in [9.17, 15) is 4.79 Å². The fourth-order valence-electron chi connectivity index (χ4n) is 1.97. The van der Waals surface area contributed by atoms with Crippen molar-refractivity contribution >= 4 is 22.5 Å². The number of carbonyl (C=O) groups is 1. The van der Waals surface area contributed by atoms with E-state index in [4.69, 9.17) is 0 Å². The number of para-hydroxylation sites is 1. The van der Waals surface area contributed by atoms with Gasteiger partial charge in [-0.05, 0) is 24.3 Å². The first kappa shape index (κ1) is 10.6. The Hall–Kier alpha value is -2.55. The van der Waals surface area contributed by atoms with E-state index >= 15 is 0 Å². The number of aromatic nitrogens is 1. The molecular weight excluding hydrogens is 224 g/mol. The van der Waals surface area contributed by atoms with E-state index in [0.717, 1.165) is 16.6 Å². The maximum absolute atomic E-state index is 12.1. The largest absolute Gasteiger partial charge is 0.359 e. The van der Waals surface area contributed by atoms with E-state index < -0.39 is 0 Å². The smallest absolute Gasteiger partial charge is 0.255 e. The summed E-state index contributed by atoms with van der Waals surface area (Å²) in [6.07, 6.45) is 1.86. The topological polar surface area (TPSA) is 44.9 Å². The lowest BCUT2D eigenvalue weighted by Crippen LogP contribution is -2.11. The number of anilines is 1. The molecule has 0 spiro atoms. The molecule has 88 valence electrons. The molecule has 0 saturated heterocycles. The zero-order valence-electron chi connectivity index (χ0n) is 9.68. The monoisotopic (exact) mass is 236 g/mol. The highest BCUT2D eigenvalue weighted by Gasteiger charge is 2.07. The average Bonchev–Trinajstić information content (AvgIpc) is 2.89. The molecule has 0 aliphatic heterocycles. The molecule has 0 aliphatic carbocycles. The Morgan fingerprint density at radius 3 is 2.61 bits per heavy atom. The molecule has 0 unspecified atom stereocenters. The van der Waals surface area contributed by atoms with Gasteiger partial charge in [0, 0.05) is 17.1 Å². The third-order valence-corrected chi connectivity index (χ3v) is 2.87. The van der Waals surface area contributed by atoms with Crippen LogP contribution in [0.3, 0.4) is 0 Å². The molecule has 3 rings (SSSR count). The van der Waals surface area contributed by atoms with Crippen molar-refractivity contribution in [1.82, 2.24) is 4.98 Å². The molecule has 1 amide bonds. The zero-order valence-corrected chi connectivity index (χ0v) is 9.68. The fraction of sp³-hybridized carbons (Fsp3) is 0. The number of hydrogen-bond acceptors (Lipinski definition) is 1. The molecule has 0 fully saturated rings. The van der Waals surface area contributed by atoms with Crippen LogP contribution in [0.2, 0.25) is 0 Å². The summed E-state index contributed by atoms with van der Waals surface area (Å²) in [5.74, 6) is -0.0994. The number of carbonyl (C=O) groups excluding carboxylic acids is 1. The van der Waals surface area contributed by atoms with E-state index in [1.165, 1.54) is 0 Å². The second-order valence-electron chi connectivity index (χ2n) is 4.07. The minimum absolute atomic E-state index is 0.0994. The number of rotatable bonds is 2. The SMILES string of the molecule is O=C(Nc1cccc2cc[nH]c12)c1ccccc1. The summed E-state index contributed by atoms with van der Waals surface area (Å²) in [5.41, 5.74) is 2.40. The van der Waals surface area contributed by atoms with E-state index in [2.05, 4.69) is 10.3 Å². The van der Waals surface area contributed by atoms with Gasteiger partial charge in [-0.2, -0.15) is 0 Å². The highest BCUT2D eigenvalue weighted by atomic mass is 16.1. The van der Waals surface area contributed by atoms with Crippen LogP contribution in [0.1, 0.15) is 10.4 Å². The molecule has 3 aromatic rings.